The van der Waals surface area contributed by atoms with Crippen LogP contribution >= 0.6 is 11.3 Å². The molecule has 0 bridgehead atoms. The number of rotatable bonds is 2. The van der Waals surface area contributed by atoms with E-state index in [9.17, 15) is 0 Å². The highest BCUT2D eigenvalue weighted by molar-refractivity contribution is 7.18. The van der Waals surface area contributed by atoms with Gasteiger partial charge in [-0.1, -0.05) is 12.8 Å². The predicted molar refractivity (Wildman–Crippen MR) is 77.5 cm³/mol. The average Bonchev–Trinajstić information content (AvgIpc) is 2.89. The maximum Gasteiger partial charge on any atom is 0.139 e. The summed E-state index contributed by atoms with van der Waals surface area (Å²) in [6.45, 7) is 6.31. The third-order valence-corrected chi connectivity index (χ3v) is 4.94. The number of thiophene rings is 1. The van der Waals surface area contributed by atoms with E-state index >= 15 is 0 Å². The van der Waals surface area contributed by atoms with Crippen molar-refractivity contribution < 1.29 is 0 Å². The average molecular weight is 261 g/mol. The third-order valence-electron chi connectivity index (χ3n) is 3.84. The van der Waals surface area contributed by atoms with Crippen LogP contribution in [0.1, 0.15) is 41.9 Å². The zero-order valence-electron chi connectivity index (χ0n) is 11.2. The molecule has 4 heteroatoms. The van der Waals surface area contributed by atoms with Crippen LogP contribution in [-0.4, -0.2) is 16.0 Å². The van der Waals surface area contributed by atoms with Gasteiger partial charge < -0.3 is 5.32 Å². The molecule has 2 heterocycles. The lowest BCUT2D eigenvalue weighted by Gasteiger charge is -2.14. The number of aromatic nitrogens is 2. The first kappa shape index (κ1) is 11.9. The highest BCUT2D eigenvalue weighted by Gasteiger charge is 2.19. The molecule has 3 nitrogen and oxygen atoms in total. The van der Waals surface area contributed by atoms with Gasteiger partial charge in [0.1, 0.15) is 16.5 Å². The molecule has 1 aliphatic rings. The topological polar surface area (TPSA) is 37.8 Å². The van der Waals surface area contributed by atoms with Gasteiger partial charge in [0, 0.05) is 10.9 Å². The molecule has 0 atom stereocenters. The Hall–Kier alpha value is -1.16. The molecule has 1 fully saturated rings. The van der Waals surface area contributed by atoms with Gasteiger partial charge in [-0.2, -0.15) is 0 Å². The summed E-state index contributed by atoms with van der Waals surface area (Å²) in [5.74, 6) is 1.91. The van der Waals surface area contributed by atoms with Crippen LogP contribution in [0.5, 0.6) is 0 Å². The molecule has 2 aromatic heterocycles. The van der Waals surface area contributed by atoms with Crippen molar-refractivity contribution >= 4 is 27.4 Å². The lowest BCUT2D eigenvalue weighted by molar-refractivity contribution is 0.750. The summed E-state index contributed by atoms with van der Waals surface area (Å²) in [6.07, 6.45) is 5.22. The molecule has 0 saturated heterocycles. The number of nitrogens with one attached hydrogen (secondary N) is 1. The van der Waals surface area contributed by atoms with Crippen molar-refractivity contribution in [3.63, 3.8) is 0 Å². The van der Waals surface area contributed by atoms with E-state index in [0.29, 0.717) is 6.04 Å². The highest BCUT2D eigenvalue weighted by Crippen LogP contribution is 2.34. The van der Waals surface area contributed by atoms with E-state index in [1.807, 2.05) is 6.92 Å². The molecule has 0 radical (unpaired) electrons. The van der Waals surface area contributed by atoms with Crippen LogP contribution in [0, 0.1) is 20.8 Å². The van der Waals surface area contributed by atoms with Crippen molar-refractivity contribution in [1.82, 2.24) is 9.97 Å². The third kappa shape index (κ3) is 1.99. The maximum atomic E-state index is 4.62. The Labute approximate surface area is 112 Å². The summed E-state index contributed by atoms with van der Waals surface area (Å²) < 4.78 is 0. The van der Waals surface area contributed by atoms with Crippen molar-refractivity contribution in [3.05, 3.63) is 16.3 Å². The lowest BCUT2D eigenvalue weighted by atomic mass is 10.2. The van der Waals surface area contributed by atoms with Gasteiger partial charge in [0.15, 0.2) is 0 Å². The van der Waals surface area contributed by atoms with Gasteiger partial charge >= 0.3 is 0 Å². The van der Waals surface area contributed by atoms with Crippen LogP contribution in [0.4, 0.5) is 5.82 Å². The second-order valence-electron chi connectivity index (χ2n) is 5.21. The van der Waals surface area contributed by atoms with Gasteiger partial charge in [-0.3, -0.25) is 0 Å². The largest absolute Gasteiger partial charge is 0.367 e. The molecule has 18 heavy (non-hydrogen) atoms. The second-order valence-corrected chi connectivity index (χ2v) is 6.41. The van der Waals surface area contributed by atoms with Crippen molar-refractivity contribution in [2.45, 2.75) is 52.5 Å². The van der Waals surface area contributed by atoms with Gasteiger partial charge in [-0.25, -0.2) is 9.97 Å². The molecule has 1 aliphatic carbocycles. The monoisotopic (exact) mass is 261 g/mol. The minimum Gasteiger partial charge on any atom is -0.367 e. The summed E-state index contributed by atoms with van der Waals surface area (Å²) in [5, 5.41) is 4.87. The number of anilines is 1. The lowest BCUT2D eigenvalue weighted by Crippen LogP contribution is -2.16. The normalized spacial score (nSPS) is 16.6. The summed E-state index contributed by atoms with van der Waals surface area (Å²) in [5.41, 5.74) is 1.33. The van der Waals surface area contributed by atoms with E-state index in [4.69, 9.17) is 0 Å². The molecule has 0 aromatic carbocycles. The first-order valence-electron chi connectivity index (χ1n) is 6.66. The van der Waals surface area contributed by atoms with Crippen LogP contribution in [0.3, 0.4) is 0 Å². The van der Waals surface area contributed by atoms with Crippen LogP contribution in [0.15, 0.2) is 0 Å². The Morgan fingerprint density at radius 2 is 1.83 bits per heavy atom. The van der Waals surface area contributed by atoms with E-state index < -0.39 is 0 Å². The minimum absolute atomic E-state index is 0.599. The van der Waals surface area contributed by atoms with Crippen molar-refractivity contribution in [2.24, 2.45) is 0 Å². The van der Waals surface area contributed by atoms with E-state index in [-0.39, 0.29) is 0 Å². The van der Waals surface area contributed by atoms with Gasteiger partial charge in [-0.15, -0.1) is 11.3 Å². The zero-order chi connectivity index (χ0) is 12.7. The zero-order valence-corrected chi connectivity index (χ0v) is 12.0. The SMILES string of the molecule is Cc1nc(NC2CCCC2)c2c(C)c(C)sc2n1. The van der Waals surface area contributed by atoms with Crippen LogP contribution in [0.25, 0.3) is 10.2 Å². The fourth-order valence-corrected chi connectivity index (χ4v) is 3.80. The molecule has 0 aliphatic heterocycles. The maximum absolute atomic E-state index is 4.62. The number of fused-ring (bicyclic) bond motifs is 1. The summed E-state index contributed by atoms with van der Waals surface area (Å²) in [4.78, 5) is 11.7. The van der Waals surface area contributed by atoms with Crippen LogP contribution < -0.4 is 5.32 Å². The fourth-order valence-electron chi connectivity index (χ4n) is 2.72. The Balaban J connectivity index is 2.08. The molecule has 1 N–H and O–H groups in total. The van der Waals surface area contributed by atoms with Crippen LogP contribution in [-0.2, 0) is 0 Å². The quantitative estimate of drug-likeness (QED) is 0.888. The summed E-state index contributed by atoms with van der Waals surface area (Å²) in [7, 11) is 0. The van der Waals surface area contributed by atoms with E-state index in [1.54, 1.807) is 11.3 Å². The van der Waals surface area contributed by atoms with E-state index in [1.165, 1.54) is 41.5 Å². The van der Waals surface area contributed by atoms with Gasteiger partial charge in [0.2, 0.25) is 0 Å². The molecule has 0 amide bonds. The van der Waals surface area contributed by atoms with Crippen LogP contribution in [0.2, 0.25) is 0 Å². The fraction of sp³-hybridized carbons (Fsp3) is 0.571. The highest BCUT2D eigenvalue weighted by atomic mass is 32.1. The summed E-state index contributed by atoms with van der Waals surface area (Å²) >= 11 is 1.77. The molecule has 0 unspecified atom stereocenters. The molecule has 1 saturated carbocycles. The molecule has 0 spiro atoms. The van der Waals surface area contributed by atoms with Gasteiger partial charge in [0.25, 0.3) is 0 Å². The predicted octanol–water partition coefficient (Wildman–Crippen LogP) is 3.97. The van der Waals surface area contributed by atoms with E-state index in [0.717, 1.165) is 16.5 Å². The Bertz CT molecular complexity index is 582. The molecular formula is C14H19N3S. The Kier molecular flexibility index (Phi) is 2.98. The summed E-state index contributed by atoms with van der Waals surface area (Å²) in [6, 6.07) is 0.599. The number of aryl methyl sites for hydroxylation is 3. The van der Waals surface area contributed by atoms with E-state index in [2.05, 4.69) is 29.1 Å². The smallest absolute Gasteiger partial charge is 0.139 e. The van der Waals surface area contributed by atoms with Crippen molar-refractivity contribution in [3.8, 4) is 0 Å². The first-order chi connectivity index (χ1) is 8.65. The van der Waals surface area contributed by atoms with Gasteiger partial charge in [-0.05, 0) is 39.2 Å². The number of nitrogens with zero attached hydrogens (tertiary/aromatic N) is 2. The Morgan fingerprint density at radius 1 is 1.11 bits per heavy atom. The minimum atomic E-state index is 0.599. The van der Waals surface area contributed by atoms with Crippen molar-refractivity contribution in [1.29, 1.82) is 0 Å². The first-order valence-corrected chi connectivity index (χ1v) is 7.47. The Morgan fingerprint density at radius 3 is 2.56 bits per heavy atom. The molecule has 96 valence electrons. The number of hydrogen-bond donors (Lipinski definition) is 1. The second kappa shape index (κ2) is 4.50. The standard InChI is InChI=1S/C14H19N3S/c1-8-9(2)18-14-12(8)13(15-10(3)16-14)17-11-6-4-5-7-11/h11H,4-7H2,1-3H3,(H,15,16,17). The molecular weight excluding hydrogens is 242 g/mol. The van der Waals surface area contributed by atoms with Crippen molar-refractivity contribution in [2.75, 3.05) is 5.32 Å². The van der Waals surface area contributed by atoms with Gasteiger partial charge in [0.05, 0.1) is 5.39 Å². The molecule has 2 aromatic rings. The number of hydrogen-bond acceptors (Lipinski definition) is 4. The molecule has 3 rings (SSSR count).